The second kappa shape index (κ2) is 8.81. The highest BCUT2D eigenvalue weighted by atomic mass is 35.5. The Balaban J connectivity index is 1.44. The summed E-state index contributed by atoms with van der Waals surface area (Å²) in [4.78, 5) is 4.75. The summed E-state index contributed by atoms with van der Waals surface area (Å²) in [6.07, 6.45) is 0.878. The lowest BCUT2D eigenvalue weighted by Crippen LogP contribution is -2.10. The van der Waals surface area contributed by atoms with Crippen molar-refractivity contribution in [3.63, 3.8) is 0 Å². The normalized spacial score (nSPS) is 10.9. The summed E-state index contributed by atoms with van der Waals surface area (Å²) in [5.74, 6) is 2.57. The van der Waals surface area contributed by atoms with E-state index in [2.05, 4.69) is 10.6 Å². The van der Waals surface area contributed by atoms with Crippen molar-refractivity contribution in [2.75, 3.05) is 6.61 Å². The molecule has 0 saturated heterocycles. The van der Waals surface area contributed by atoms with Crippen LogP contribution in [-0.2, 0) is 13.2 Å². The average Bonchev–Trinajstić information content (AvgIpc) is 3.09. The topological polar surface area (TPSA) is 36.3 Å². The third-order valence-corrected chi connectivity index (χ3v) is 4.71. The van der Waals surface area contributed by atoms with Gasteiger partial charge in [-0.15, -0.1) is 0 Å². The van der Waals surface area contributed by atoms with Gasteiger partial charge in [0.25, 0.3) is 0 Å². The molecule has 5 heteroatoms. The number of nitrogens with zero attached hydrogens (tertiary/aromatic N) is 2. The first-order valence-electron chi connectivity index (χ1n) is 9.30. The molecule has 0 aliphatic rings. The standard InChI is InChI=1S/C23H21ClN2O2/c24-18-11-13-20(14-12-18)28-17-23-25-21-9-4-5-10-22(21)26(23)15-6-16-27-19-7-2-1-3-8-19/h1-5,7-14H,6,15-17H2. The quantitative estimate of drug-likeness (QED) is 0.359. The maximum absolute atomic E-state index is 5.94. The van der Waals surface area contributed by atoms with Crippen molar-refractivity contribution in [1.82, 2.24) is 9.55 Å². The van der Waals surface area contributed by atoms with Crippen LogP contribution in [0.5, 0.6) is 11.5 Å². The van der Waals surface area contributed by atoms with Crippen molar-refractivity contribution < 1.29 is 9.47 Å². The third kappa shape index (κ3) is 4.46. The second-order valence-electron chi connectivity index (χ2n) is 6.43. The zero-order valence-corrected chi connectivity index (χ0v) is 16.2. The molecule has 0 spiro atoms. The zero-order valence-electron chi connectivity index (χ0n) is 15.4. The highest BCUT2D eigenvalue weighted by Gasteiger charge is 2.11. The van der Waals surface area contributed by atoms with E-state index < -0.39 is 0 Å². The highest BCUT2D eigenvalue weighted by Crippen LogP contribution is 2.20. The largest absolute Gasteiger partial charge is 0.494 e. The maximum Gasteiger partial charge on any atom is 0.147 e. The minimum absolute atomic E-state index is 0.399. The summed E-state index contributed by atoms with van der Waals surface area (Å²) in [5.41, 5.74) is 2.08. The number of imidazole rings is 1. The first kappa shape index (κ1) is 18.4. The number of hydrogen-bond donors (Lipinski definition) is 0. The molecule has 4 nitrogen and oxygen atoms in total. The van der Waals surface area contributed by atoms with E-state index in [1.165, 1.54) is 0 Å². The summed E-state index contributed by atoms with van der Waals surface area (Å²) in [5, 5.41) is 0.693. The van der Waals surface area contributed by atoms with Crippen LogP contribution in [0.25, 0.3) is 11.0 Å². The number of aromatic nitrogens is 2. The van der Waals surface area contributed by atoms with E-state index in [0.29, 0.717) is 18.2 Å². The molecule has 4 aromatic rings. The molecule has 0 fully saturated rings. The summed E-state index contributed by atoms with van der Waals surface area (Å²) in [6.45, 7) is 1.86. The minimum Gasteiger partial charge on any atom is -0.494 e. The van der Waals surface area contributed by atoms with Crippen molar-refractivity contribution >= 4 is 22.6 Å². The van der Waals surface area contributed by atoms with E-state index in [-0.39, 0.29) is 0 Å². The lowest BCUT2D eigenvalue weighted by atomic mass is 10.3. The fourth-order valence-corrected chi connectivity index (χ4v) is 3.22. The number of fused-ring (bicyclic) bond motifs is 1. The molecule has 0 atom stereocenters. The molecule has 0 radical (unpaired) electrons. The van der Waals surface area contributed by atoms with Crippen molar-refractivity contribution in [3.05, 3.63) is 89.7 Å². The minimum atomic E-state index is 0.399. The Morgan fingerprint density at radius 3 is 2.32 bits per heavy atom. The van der Waals surface area contributed by atoms with Crippen LogP contribution < -0.4 is 9.47 Å². The molecule has 142 valence electrons. The first-order chi connectivity index (χ1) is 13.8. The van der Waals surface area contributed by atoms with Gasteiger partial charge >= 0.3 is 0 Å². The Hall–Kier alpha value is -2.98. The molecule has 0 saturated carbocycles. The number of para-hydroxylation sites is 3. The fraction of sp³-hybridized carbons (Fsp3) is 0.174. The molecule has 0 aliphatic carbocycles. The van der Waals surface area contributed by atoms with Gasteiger partial charge in [-0.2, -0.15) is 0 Å². The van der Waals surface area contributed by atoms with Gasteiger partial charge < -0.3 is 14.0 Å². The van der Waals surface area contributed by atoms with Gasteiger partial charge in [-0.25, -0.2) is 4.98 Å². The van der Waals surface area contributed by atoms with Gasteiger partial charge in [0.1, 0.15) is 23.9 Å². The SMILES string of the molecule is Clc1ccc(OCc2nc3ccccc3n2CCCOc2ccccc2)cc1. The highest BCUT2D eigenvalue weighted by molar-refractivity contribution is 6.30. The van der Waals surface area contributed by atoms with Gasteiger partial charge in [0, 0.05) is 11.6 Å². The van der Waals surface area contributed by atoms with Gasteiger partial charge in [0.05, 0.1) is 17.6 Å². The van der Waals surface area contributed by atoms with Gasteiger partial charge in [0.15, 0.2) is 0 Å². The molecule has 1 heterocycles. The van der Waals surface area contributed by atoms with Crippen LogP contribution in [0.4, 0.5) is 0 Å². The predicted molar refractivity (Wildman–Crippen MR) is 112 cm³/mol. The van der Waals surface area contributed by atoms with Crippen molar-refractivity contribution in [1.29, 1.82) is 0 Å². The molecular weight excluding hydrogens is 372 g/mol. The Kier molecular flexibility index (Phi) is 5.78. The molecular formula is C23H21ClN2O2. The summed E-state index contributed by atoms with van der Waals surface area (Å²) in [7, 11) is 0. The van der Waals surface area contributed by atoms with E-state index in [0.717, 1.165) is 41.3 Å². The van der Waals surface area contributed by atoms with Gasteiger partial charge in [-0.3, -0.25) is 0 Å². The van der Waals surface area contributed by atoms with Crippen molar-refractivity contribution in [3.8, 4) is 11.5 Å². The monoisotopic (exact) mass is 392 g/mol. The number of aryl methyl sites for hydroxylation is 1. The van der Waals surface area contributed by atoms with Crippen LogP contribution in [-0.4, -0.2) is 16.2 Å². The van der Waals surface area contributed by atoms with E-state index >= 15 is 0 Å². The van der Waals surface area contributed by atoms with Crippen molar-refractivity contribution in [2.24, 2.45) is 0 Å². The first-order valence-corrected chi connectivity index (χ1v) is 9.68. The van der Waals surface area contributed by atoms with Gasteiger partial charge in [-0.05, 0) is 55.0 Å². The molecule has 0 N–H and O–H groups in total. The average molecular weight is 393 g/mol. The van der Waals surface area contributed by atoms with Crippen LogP contribution in [0.3, 0.4) is 0 Å². The molecule has 0 bridgehead atoms. The van der Waals surface area contributed by atoms with Gasteiger partial charge in [0.2, 0.25) is 0 Å². The number of ether oxygens (including phenoxy) is 2. The Labute approximate surface area is 169 Å². The van der Waals surface area contributed by atoms with Crippen LogP contribution in [0.2, 0.25) is 5.02 Å². The molecule has 1 aromatic heterocycles. The molecule has 0 amide bonds. The smallest absolute Gasteiger partial charge is 0.147 e. The van der Waals surface area contributed by atoms with E-state index in [1.54, 1.807) is 0 Å². The van der Waals surface area contributed by atoms with Crippen LogP contribution in [0.1, 0.15) is 12.2 Å². The Morgan fingerprint density at radius 2 is 1.50 bits per heavy atom. The molecule has 28 heavy (non-hydrogen) atoms. The predicted octanol–water partition coefficient (Wildman–Crippen LogP) is 5.74. The Morgan fingerprint density at radius 1 is 0.786 bits per heavy atom. The number of benzene rings is 3. The lowest BCUT2D eigenvalue weighted by Gasteiger charge is -2.11. The maximum atomic E-state index is 5.94. The number of hydrogen-bond acceptors (Lipinski definition) is 3. The second-order valence-corrected chi connectivity index (χ2v) is 6.86. The number of halogens is 1. The fourth-order valence-electron chi connectivity index (χ4n) is 3.09. The van der Waals surface area contributed by atoms with Crippen LogP contribution in [0, 0.1) is 0 Å². The number of rotatable bonds is 8. The third-order valence-electron chi connectivity index (χ3n) is 4.45. The summed E-state index contributed by atoms with van der Waals surface area (Å²) < 4.78 is 13.9. The Bertz CT molecular complexity index is 1030. The molecule has 3 aromatic carbocycles. The zero-order chi connectivity index (χ0) is 19.2. The summed E-state index contributed by atoms with van der Waals surface area (Å²) in [6, 6.07) is 25.4. The molecule has 4 rings (SSSR count). The van der Waals surface area contributed by atoms with E-state index in [9.17, 15) is 0 Å². The van der Waals surface area contributed by atoms with Gasteiger partial charge in [-0.1, -0.05) is 41.9 Å². The van der Waals surface area contributed by atoms with E-state index in [4.69, 9.17) is 26.1 Å². The van der Waals surface area contributed by atoms with Crippen molar-refractivity contribution in [2.45, 2.75) is 19.6 Å². The van der Waals surface area contributed by atoms with Crippen LogP contribution in [0.15, 0.2) is 78.9 Å². The summed E-state index contributed by atoms with van der Waals surface area (Å²) >= 11 is 5.94. The van der Waals surface area contributed by atoms with E-state index in [1.807, 2.05) is 72.8 Å². The lowest BCUT2D eigenvalue weighted by molar-refractivity contribution is 0.280. The molecule has 0 unspecified atom stereocenters. The van der Waals surface area contributed by atoms with Crippen LogP contribution >= 0.6 is 11.6 Å². The molecule has 0 aliphatic heterocycles.